The standard InChI is InChI=1S/C20H19FN4O5S2/c1-31(27,28)25(18-6-2-4-15(21)12-18)14-20(26)23-16-7-9-19(10-8-16)32(29,30)24-17-5-3-11-22-13-17/h2-13,24H,14H2,1H3,(H,23,26). The third-order valence-corrected chi connectivity index (χ3v) is 6.68. The molecule has 1 aromatic heterocycles. The van der Waals surface area contributed by atoms with Gasteiger partial charge in [-0.3, -0.25) is 18.8 Å². The molecule has 0 aliphatic heterocycles. The first-order valence-corrected chi connectivity index (χ1v) is 12.4. The van der Waals surface area contributed by atoms with Gasteiger partial charge >= 0.3 is 0 Å². The highest BCUT2D eigenvalue weighted by Gasteiger charge is 2.21. The van der Waals surface area contributed by atoms with Crippen molar-refractivity contribution in [2.45, 2.75) is 4.90 Å². The number of sulfonamides is 2. The molecule has 0 atom stereocenters. The van der Waals surface area contributed by atoms with Gasteiger partial charge in [0.15, 0.2) is 0 Å². The normalized spacial score (nSPS) is 11.6. The molecule has 0 spiro atoms. The molecule has 0 unspecified atom stereocenters. The minimum Gasteiger partial charge on any atom is -0.325 e. The van der Waals surface area contributed by atoms with Crippen molar-refractivity contribution in [2.24, 2.45) is 0 Å². The van der Waals surface area contributed by atoms with E-state index in [-0.39, 0.29) is 16.3 Å². The van der Waals surface area contributed by atoms with Gasteiger partial charge in [0.25, 0.3) is 10.0 Å². The van der Waals surface area contributed by atoms with E-state index in [1.165, 1.54) is 48.8 Å². The molecule has 0 bridgehead atoms. The molecule has 0 saturated heterocycles. The van der Waals surface area contributed by atoms with E-state index in [2.05, 4.69) is 15.0 Å². The first-order chi connectivity index (χ1) is 15.0. The Morgan fingerprint density at radius 1 is 1.00 bits per heavy atom. The molecular formula is C20H19FN4O5S2. The summed E-state index contributed by atoms with van der Waals surface area (Å²) in [5.74, 6) is -1.34. The van der Waals surface area contributed by atoms with Gasteiger partial charge in [0, 0.05) is 11.9 Å². The summed E-state index contributed by atoms with van der Waals surface area (Å²) in [7, 11) is -7.73. The summed E-state index contributed by atoms with van der Waals surface area (Å²) in [5.41, 5.74) is 0.552. The molecule has 1 amide bonds. The number of hydrogen-bond donors (Lipinski definition) is 2. The van der Waals surface area contributed by atoms with E-state index in [0.717, 1.165) is 22.7 Å². The highest BCUT2D eigenvalue weighted by atomic mass is 32.2. The molecular weight excluding hydrogens is 459 g/mol. The molecule has 3 aromatic rings. The van der Waals surface area contributed by atoms with Gasteiger partial charge in [0.2, 0.25) is 15.9 Å². The van der Waals surface area contributed by atoms with Crippen LogP contribution in [0.25, 0.3) is 0 Å². The average Bonchev–Trinajstić information content (AvgIpc) is 2.72. The summed E-state index contributed by atoms with van der Waals surface area (Å²) in [6, 6.07) is 13.3. The fourth-order valence-corrected chi connectivity index (χ4v) is 4.61. The maximum atomic E-state index is 13.5. The second kappa shape index (κ2) is 9.32. The zero-order valence-corrected chi connectivity index (χ0v) is 18.4. The second-order valence-corrected chi connectivity index (χ2v) is 10.3. The van der Waals surface area contributed by atoms with Crippen LogP contribution in [0.2, 0.25) is 0 Å². The van der Waals surface area contributed by atoms with E-state index in [1.807, 2.05) is 0 Å². The van der Waals surface area contributed by atoms with Crippen LogP contribution in [-0.2, 0) is 24.8 Å². The number of nitrogens with zero attached hydrogens (tertiary/aromatic N) is 2. The van der Waals surface area contributed by atoms with Gasteiger partial charge in [-0.25, -0.2) is 21.2 Å². The number of carbonyl (C=O) groups excluding carboxylic acids is 1. The van der Waals surface area contributed by atoms with E-state index < -0.39 is 38.3 Å². The fourth-order valence-electron chi connectivity index (χ4n) is 2.72. The number of carbonyl (C=O) groups is 1. The van der Waals surface area contributed by atoms with Crippen molar-refractivity contribution in [1.82, 2.24) is 4.98 Å². The quantitative estimate of drug-likeness (QED) is 0.512. The molecule has 12 heteroatoms. The van der Waals surface area contributed by atoms with Crippen molar-refractivity contribution in [3.8, 4) is 0 Å². The minimum absolute atomic E-state index is 0.00516. The van der Waals surface area contributed by atoms with Gasteiger partial charge in [-0.15, -0.1) is 0 Å². The maximum Gasteiger partial charge on any atom is 0.261 e. The molecule has 1 heterocycles. The molecule has 0 saturated carbocycles. The summed E-state index contributed by atoms with van der Waals surface area (Å²) < 4.78 is 65.7. The minimum atomic E-state index is -3.86. The van der Waals surface area contributed by atoms with Crippen molar-refractivity contribution in [3.05, 3.63) is 78.9 Å². The van der Waals surface area contributed by atoms with Gasteiger partial charge in [0.05, 0.1) is 28.7 Å². The smallest absolute Gasteiger partial charge is 0.261 e. The first kappa shape index (κ1) is 23.2. The van der Waals surface area contributed by atoms with Crippen molar-refractivity contribution in [3.63, 3.8) is 0 Å². The van der Waals surface area contributed by atoms with Crippen molar-refractivity contribution >= 4 is 43.0 Å². The van der Waals surface area contributed by atoms with Crippen molar-refractivity contribution in [1.29, 1.82) is 0 Å². The van der Waals surface area contributed by atoms with E-state index in [4.69, 9.17) is 0 Å². The van der Waals surface area contributed by atoms with Crippen LogP contribution >= 0.6 is 0 Å². The fraction of sp³-hybridized carbons (Fsp3) is 0.100. The molecule has 9 nitrogen and oxygen atoms in total. The number of rotatable bonds is 8. The number of halogens is 1. The number of hydrogen-bond acceptors (Lipinski definition) is 6. The van der Waals surface area contributed by atoms with Crippen LogP contribution in [-0.4, -0.2) is 40.5 Å². The van der Waals surface area contributed by atoms with Crippen molar-refractivity contribution < 1.29 is 26.0 Å². The second-order valence-electron chi connectivity index (χ2n) is 6.67. The Kier molecular flexibility index (Phi) is 6.75. The Labute approximate surface area is 185 Å². The average molecular weight is 479 g/mol. The molecule has 3 rings (SSSR count). The molecule has 0 aliphatic rings. The maximum absolute atomic E-state index is 13.5. The Balaban J connectivity index is 1.71. The zero-order chi connectivity index (χ0) is 23.4. The summed E-state index contributed by atoms with van der Waals surface area (Å²) >= 11 is 0. The monoisotopic (exact) mass is 478 g/mol. The van der Waals surface area contributed by atoms with E-state index in [0.29, 0.717) is 5.69 Å². The van der Waals surface area contributed by atoms with Crippen LogP contribution < -0.4 is 14.3 Å². The third-order valence-electron chi connectivity index (χ3n) is 4.15. The largest absolute Gasteiger partial charge is 0.325 e. The predicted octanol–water partition coefficient (Wildman–Crippen LogP) is 2.43. The van der Waals surface area contributed by atoms with Crippen LogP contribution in [0.3, 0.4) is 0 Å². The molecule has 32 heavy (non-hydrogen) atoms. The van der Waals surface area contributed by atoms with E-state index in [9.17, 15) is 26.0 Å². The Bertz CT molecular complexity index is 1320. The number of aromatic nitrogens is 1. The lowest BCUT2D eigenvalue weighted by atomic mass is 10.3. The lowest BCUT2D eigenvalue weighted by Gasteiger charge is -2.22. The van der Waals surface area contributed by atoms with Crippen LogP contribution in [0, 0.1) is 5.82 Å². The highest BCUT2D eigenvalue weighted by Crippen LogP contribution is 2.20. The SMILES string of the molecule is CS(=O)(=O)N(CC(=O)Nc1ccc(S(=O)(=O)Nc2cccnc2)cc1)c1cccc(F)c1. The van der Waals surface area contributed by atoms with Gasteiger partial charge in [-0.1, -0.05) is 6.07 Å². The van der Waals surface area contributed by atoms with Crippen LogP contribution in [0.5, 0.6) is 0 Å². The van der Waals surface area contributed by atoms with E-state index in [1.54, 1.807) is 12.1 Å². The topological polar surface area (TPSA) is 126 Å². The van der Waals surface area contributed by atoms with Gasteiger partial charge in [-0.2, -0.15) is 0 Å². The molecule has 168 valence electrons. The Morgan fingerprint density at radius 2 is 1.72 bits per heavy atom. The van der Waals surface area contributed by atoms with Gasteiger partial charge in [0.1, 0.15) is 12.4 Å². The first-order valence-electron chi connectivity index (χ1n) is 9.11. The van der Waals surface area contributed by atoms with Crippen molar-refractivity contribution in [2.75, 3.05) is 27.1 Å². The highest BCUT2D eigenvalue weighted by molar-refractivity contribution is 7.92. The zero-order valence-electron chi connectivity index (χ0n) is 16.8. The molecule has 0 aliphatic carbocycles. The lowest BCUT2D eigenvalue weighted by molar-refractivity contribution is -0.114. The summed E-state index contributed by atoms with van der Waals surface area (Å²) in [5, 5.41) is 2.49. The van der Waals surface area contributed by atoms with Crippen LogP contribution in [0.4, 0.5) is 21.5 Å². The van der Waals surface area contributed by atoms with E-state index >= 15 is 0 Å². The van der Waals surface area contributed by atoms with Crippen LogP contribution in [0.1, 0.15) is 0 Å². The summed E-state index contributed by atoms with van der Waals surface area (Å²) in [6.07, 6.45) is 3.77. The number of nitrogens with one attached hydrogen (secondary N) is 2. The van der Waals surface area contributed by atoms with Crippen LogP contribution in [0.15, 0.2) is 78.0 Å². The third kappa shape index (κ3) is 6.02. The summed E-state index contributed by atoms with van der Waals surface area (Å²) in [6.45, 7) is -0.592. The number of benzene rings is 2. The van der Waals surface area contributed by atoms with Gasteiger partial charge < -0.3 is 5.32 Å². The number of amides is 1. The molecule has 0 fully saturated rings. The molecule has 2 aromatic carbocycles. The summed E-state index contributed by atoms with van der Waals surface area (Å²) in [4.78, 5) is 16.2. The molecule has 0 radical (unpaired) electrons. The predicted molar refractivity (Wildman–Crippen MR) is 119 cm³/mol. The number of pyridine rings is 1. The van der Waals surface area contributed by atoms with Gasteiger partial charge in [-0.05, 0) is 54.6 Å². The Morgan fingerprint density at radius 3 is 2.31 bits per heavy atom. The Hall–Kier alpha value is -3.51. The molecule has 2 N–H and O–H groups in total. The lowest BCUT2D eigenvalue weighted by Crippen LogP contribution is -2.37. The number of anilines is 3.